The number of hydrogen-bond acceptors (Lipinski definition) is 3. The highest BCUT2D eigenvalue weighted by molar-refractivity contribution is 6.22. The molecule has 0 radical (unpaired) electrons. The van der Waals surface area contributed by atoms with Gasteiger partial charge in [0.05, 0.1) is 22.2 Å². The summed E-state index contributed by atoms with van der Waals surface area (Å²) in [6.45, 7) is 0. The molecule has 3 heterocycles. The minimum Gasteiger partial charge on any atom is -0.456 e. The maximum Gasteiger partial charge on any atom is 0.235 e. The molecule has 3 aromatic heterocycles. The Morgan fingerprint density at radius 1 is 0.420 bits per heavy atom. The molecule has 8 aromatic carbocycles. The minimum absolute atomic E-state index is 0.646. The molecule has 0 amide bonds. The smallest absolute Gasteiger partial charge is 0.235 e. The lowest BCUT2D eigenvalue weighted by Crippen LogP contribution is -2.04. The van der Waals surface area contributed by atoms with E-state index in [0.29, 0.717) is 5.95 Å². The fraction of sp³-hybridized carbons (Fsp3) is 0. The Morgan fingerprint density at radius 3 is 1.98 bits per heavy atom. The Morgan fingerprint density at radius 2 is 1.10 bits per heavy atom. The molecule has 0 fully saturated rings. The van der Waals surface area contributed by atoms with Crippen LogP contribution in [0, 0.1) is 0 Å². The van der Waals surface area contributed by atoms with Crippen LogP contribution in [0.4, 0.5) is 0 Å². The van der Waals surface area contributed by atoms with Crippen LogP contribution >= 0.6 is 0 Å². The first-order chi connectivity index (χ1) is 24.8. The lowest BCUT2D eigenvalue weighted by Gasteiger charge is -2.14. The SMILES string of the molecule is c1ccc(-c2nc(-n3c4c(-c5ccc6oc7ccc8ccccc8c7c6c5)cccc4c4ccc5ccccc5c43)nc3ccccc23)cc1. The van der Waals surface area contributed by atoms with Gasteiger partial charge in [-0.3, -0.25) is 4.57 Å². The summed E-state index contributed by atoms with van der Waals surface area (Å²) in [6.07, 6.45) is 0. The van der Waals surface area contributed by atoms with E-state index in [4.69, 9.17) is 14.4 Å². The number of hydrogen-bond donors (Lipinski definition) is 0. The molecular formula is C46H27N3O. The van der Waals surface area contributed by atoms with E-state index >= 15 is 0 Å². The lowest BCUT2D eigenvalue weighted by atomic mass is 9.98. The zero-order chi connectivity index (χ0) is 32.8. The molecule has 0 N–H and O–H groups in total. The van der Waals surface area contributed by atoms with Gasteiger partial charge in [0.1, 0.15) is 11.2 Å². The van der Waals surface area contributed by atoms with Crippen molar-refractivity contribution in [1.29, 1.82) is 0 Å². The molecule has 0 bridgehead atoms. The van der Waals surface area contributed by atoms with Crippen molar-refractivity contribution in [3.05, 3.63) is 164 Å². The number of furan rings is 1. The summed E-state index contributed by atoms with van der Waals surface area (Å²) in [4.78, 5) is 10.7. The summed E-state index contributed by atoms with van der Waals surface area (Å²) in [5.74, 6) is 0.646. The van der Waals surface area contributed by atoms with Gasteiger partial charge in [0.2, 0.25) is 5.95 Å². The number of para-hydroxylation sites is 2. The quantitative estimate of drug-likeness (QED) is 0.194. The number of nitrogens with zero attached hydrogens (tertiary/aromatic N) is 3. The van der Waals surface area contributed by atoms with Crippen LogP contribution in [0.25, 0.3) is 105 Å². The molecule has 4 nitrogen and oxygen atoms in total. The Bertz CT molecular complexity index is 3150. The summed E-state index contributed by atoms with van der Waals surface area (Å²) >= 11 is 0. The number of fused-ring (bicyclic) bond motifs is 11. The van der Waals surface area contributed by atoms with Gasteiger partial charge in [-0.25, -0.2) is 9.97 Å². The highest BCUT2D eigenvalue weighted by Gasteiger charge is 2.22. The van der Waals surface area contributed by atoms with E-state index < -0.39 is 0 Å². The van der Waals surface area contributed by atoms with E-state index in [1.165, 1.54) is 21.5 Å². The molecule has 0 saturated heterocycles. The number of aromatic nitrogens is 3. The Hall–Kier alpha value is -6.78. The zero-order valence-electron chi connectivity index (χ0n) is 26.8. The molecule has 50 heavy (non-hydrogen) atoms. The molecule has 11 rings (SSSR count). The third-order valence-corrected chi connectivity index (χ3v) is 10.2. The molecular weight excluding hydrogens is 611 g/mol. The van der Waals surface area contributed by atoms with Crippen LogP contribution < -0.4 is 0 Å². The van der Waals surface area contributed by atoms with Gasteiger partial charge in [-0.2, -0.15) is 0 Å². The van der Waals surface area contributed by atoms with E-state index in [-0.39, 0.29) is 0 Å². The van der Waals surface area contributed by atoms with E-state index in [0.717, 1.165) is 77.0 Å². The van der Waals surface area contributed by atoms with Gasteiger partial charge < -0.3 is 4.42 Å². The van der Waals surface area contributed by atoms with Crippen LogP contribution in [0.2, 0.25) is 0 Å². The maximum atomic E-state index is 6.40. The fourth-order valence-electron chi connectivity index (χ4n) is 7.96. The normalized spacial score (nSPS) is 12.0. The Balaban J connectivity index is 1.28. The van der Waals surface area contributed by atoms with Crippen molar-refractivity contribution in [2.24, 2.45) is 0 Å². The van der Waals surface area contributed by atoms with Crippen LogP contribution in [0.15, 0.2) is 168 Å². The average molecular weight is 638 g/mol. The molecule has 0 saturated carbocycles. The second kappa shape index (κ2) is 10.4. The van der Waals surface area contributed by atoms with Crippen molar-refractivity contribution < 1.29 is 4.42 Å². The fourth-order valence-corrected chi connectivity index (χ4v) is 7.96. The lowest BCUT2D eigenvalue weighted by molar-refractivity contribution is 0.669. The second-order valence-corrected chi connectivity index (χ2v) is 12.9. The first-order valence-electron chi connectivity index (χ1n) is 16.9. The van der Waals surface area contributed by atoms with Crippen molar-refractivity contribution in [2.75, 3.05) is 0 Å². The van der Waals surface area contributed by atoms with Crippen molar-refractivity contribution in [3.8, 4) is 28.3 Å². The maximum absolute atomic E-state index is 6.40. The van der Waals surface area contributed by atoms with Crippen LogP contribution in [0.3, 0.4) is 0 Å². The minimum atomic E-state index is 0.646. The summed E-state index contributed by atoms with van der Waals surface area (Å²) in [5, 5.41) is 10.3. The topological polar surface area (TPSA) is 43.9 Å². The summed E-state index contributed by atoms with van der Waals surface area (Å²) in [6, 6.07) is 57.8. The van der Waals surface area contributed by atoms with Crippen molar-refractivity contribution in [1.82, 2.24) is 14.5 Å². The number of benzene rings is 8. The standard InChI is InChI=1S/C46H27N3O/c1-2-13-30(14-3-1)43-37-17-8-9-20-39(37)47-46(48-43)49-44-33-16-7-5-12-29(33)21-24-36(44)35-19-10-18-34(45(35)49)31-23-25-40-38(27-31)42-32-15-6-4-11-28(32)22-26-41(42)50-40/h1-27H. The van der Waals surface area contributed by atoms with Crippen LogP contribution in [-0.2, 0) is 0 Å². The highest BCUT2D eigenvalue weighted by Crippen LogP contribution is 2.43. The second-order valence-electron chi connectivity index (χ2n) is 12.9. The van der Waals surface area contributed by atoms with E-state index in [9.17, 15) is 0 Å². The summed E-state index contributed by atoms with van der Waals surface area (Å²) < 4.78 is 8.70. The molecule has 0 unspecified atom stereocenters. The highest BCUT2D eigenvalue weighted by atomic mass is 16.3. The first-order valence-corrected chi connectivity index (χ1v) is 16.9. The Labute approximate surface area is 286 Å². The molecule has 0 aliphatic carbocycles. The van der Waals surface area contributed by atoms with Crippen molar-refractivity contribution in [2.45, 2.75) is 0 Å². The van der Waals surface area contributed by atoms with Crippen LogP contribution in [-0.4, -0.2) is 14.5 Å². The van der Waals surface area contributed by atoms with Gasteiger partial charge >= 0.3 is 0 Å². The van der Waals surface area contributed by atoms with Crippen molar-refractivity contribution >= 4 is 76.2 Å². The van der Waals surface area contributed by atoms with Gasteiger partial charge in [0.25, 0.3) is 0 Å². The predicted octanol–water partition coefficient (Wildman–Crippen LogP) is 12.3. The van der Waals surface area contributed by atoms with E-state index in [1.807, 2.05) is 6.07 Å². The van der Waals surface area contributed by atoms with Gasteiger partial charge in [-0.05, 0) is 46.0 Å². The Kier molecular flexibility index (Phi) is 5.63. The predicted molar refractivity (Wildman–Crippen MR) is 207 cm³/mol. The van der Waals surface area contributed by atoms with Crippen LogP contribution in [0.1, 0.15) is 0 Å². The molecule has 0 aliphatic rings. The summed E-state index contributed by atoms with van der Waals surface area (Å²) in [5.41, 5.74) is 9.04. The average Bonchev–Trinajstić information content (AvgIpc) is 3.74. The third-order valence-electron chi connectivity index (χ3n) is 10.2. The van der Waals surface area contributed by atoms with E-state index in [2.05, 4.69) is 162 Å². The van der Waals surface area contributed by atoms with Gasteiger partial charge in [-0.15, -0.1) is 0 Å². The molecule has 232 valence electrons. The molecule has 11 aromatic rings. The number of rotatable bonds is 3. The third kappa shape index (κ3) is 3.87. The largest absolute Gasteiger partial charge is 0.456 e. The molecule has 0 aliphatic heterocycles. The van der Waals surface area contributed by atoms with Gasteiger partial charge in [0, 0.05) is 43.4 Å². The molecule has 0 spiro atoms. The summed E-state index contributed by atoms with van der Waals surface area (Å²) in [7, 11) is 0. The van der Waals surface area contributed by atoms with Crippen LogP contribution in [0.5, 0.6) is 0 Å². The van der Waals surface area contributed by atoms with Gasteiger partial charge in [0.15, 0.2) is 0 Å². The van der Waals surface area contributed by atoms with E-state index in [1.54, 1.807) is 0 Å². The molecule has 0 atom stereocenters. The molecule has 4 heteroatoms. The van der Waals surface area contributed by atoms with Crippen molar-refractivity contribution in [3.63, 3.8) is 0 Å². The zero-order valence-corrected chi connectivity index (χ0v) is 26.8. The van der Waals surface area contributed by atoms with Gasteiger partial charge in [-0.1, -0.05) is 140 Å². The monoisotopic (exact) mass is 637 g/mol. The first kappa shape index (κ1) is 27.2.